The van der Waals surface area contributed by atoms with E-state index in [0.29, 0.717) is 37.4 Å². The number of carbonyl (C=O) groups is 1. The van der Waals surface area contributed by atoms with Crippen LogP contribution in [0.4, 0.5) is 0 Å². The predicted molar refractivity (Wildman–Crippen MR) is 119 cm³/mol. The van der Waals surface area contributed by atoms with Gasteiger partial charge in [-0.25, -0.2) is 8.42 Å². The van der Waals surface area contributed by atoms with Crippen LogP contribution in [0.2, 0.25) is 0 Å². The molecule has 5 rings (SSSR count). The van der Waals surface area contributed by atoms with Gasteiger partial charge >= 0.3 is 0 Å². The van der Waals surface area contributed by atoms with Crippen LogP contribution in [0, 0.1) is 5.92 Å². The fraction of sp³-hybridized carbons (Fsp3) is 0.348. The number of benzene rings is 2. The molecular weight excluding hydrogens is 430 g/mol. The Morgan fingerprint density at radius 2 is 1.97 bits per heavy atom. The zero-order valence-corrected chi connectivity index (χ0v) is 18.6. The molecule has 1 saturated heterocycles. The number of aryl methyl sites for hydroxylation is 1. The van der Waals surface area contributed by atoms with Crippen LogP contribution >= 0.6 is 0 Å². The maximum atomic E-state index is 13.3. The summed E-state index contributed by atoms with van der Waals surface area (Å²) in [5, 5.41) is 3.82. The molecule has 2 aromatic carbocycles. The molecule has 9 heteroatoms. The maximum absolute atomic E-state index is 13.3. The van der Waals surface area contributed by atoms with Gasteiger partial charge in [0, 0.05) is 43.8 Å². The summed E-state index contributed by atoms with van der Waals surface area (Å²) in [5.74, 6) is 0.845. The van der Waals surface area contributed by atoms with Gasteiger partial charge in [0.2, 0.25) is 22.7 Å². The molecule has 3 aromatic rings. The first-order chi connectivity index (χ1) is 15.4. The van der Waals surface area contributed by atoms with Crippen LogP contribution < -0.4 is 14.8 Å². The van der Waals surface area contributed by atoms with Gasteiger partial charge < -0.3 is 19.4 Å². The summed E-state index contributed by atoms with van der Waals surface area (Å²) >= 11 is 0. The lowest BCUT2D eigenvalue weighted by Gasteiger charge is -2.31. The Kier molecular flexibility index (Phi) is 5.30. The van der Waals surface area contributed by atoms with Crippen molar-refractivity contribution in [2.75, 3.05) is 19.9 Å². The van der Waals surface area contributed by atoms with Gasteiger partial charge in [-0.05, 0) is 54.8 Å². The third-order valence-electron chi connectivity index (χ3n) is 6.15. The average molecular weight is 456 g/mol. The van der Waals surface area contributed by atoms with Crippen molar-refractivity contribution in [2.45, 2.75) is 24.3 Å². The number of ether oxygens (including phenoxy) is 2. The van der Waals surface area contributed by atoms with Gasteiger partial charge in [0.15, 0.2) is 11.5 Å². The van der Waals surface area contributed by atoms with Gasteiger partial charge in [-0.1, -0.05) is 6.07 Å². The van der Waals surface area contributed by atoms with E-state index in [1.54, 1.807) is 12.1 Å². The minimum Gasteiger partial charge on any atom is -0.454 e. The zero-order chi connectivity index (χ0) is 22.3. The molecule has 0 unspecified atom stereocenters. The molecule has 1 fully saturated rings. The summed E-state index contributed by atoms with van der Waals surface area (Å²) < 4.78 is 40.6. The van der Waals surface area contributed by atoms with E-state index in [0.717, 1.165) is 16.5 Å². The highest BCUT2D eigenvalue weighted by molar-refractivity contribution is 7.89. The molecule has 0 spiro atoms. The third kappa shape index (κ3) is 3.82. The number of rotatable bonds is 5. The number of piperidine rings is 1. The fourth-order valence-electron chi connectivity index (χ4n) is 4.33. The molecule has 1 N–H and O–H groups in total. The minimum absolute atomic E-state index is 0.138. The second-order valence-electron chi connectivity index (χ2n) is 8.25. The highest BCUT2D eigenvalue weighted by atomic mass is 32.2. The predicted octanol–water partition coefficient (Wildman–Crippen LogP) is 2.62. The summed E-state index contributed by atoms with van der Waals surface area (Å²) in [6.07, 6.45) is 3.22. The minimum atomic E-state index is -3.67. The molecule has 0 aliphatic carbocycles. The quantitative estimate of drug-likeness (QED) is 0.639. The monoisotopic (exact) mass is 455 g/mol. The summed E-state index contributed by atoms with van der Waals surface area (Å²) in [4.78, 5) is 13.1. The van der Waals surface area contributed by atoms with Crippen molar-refractivity contribution < 1.29 is 22.7 Å². The van der Waals surface area contributed by atoms with E-state index in [9.17, 15) is 13.2 Å². The second kappa shape index (κ2) is 8.14. The number of hydrogen-bond acceptors (Lipinski definition) is 5. The molecular formula is C23H25N3O5S. The molecule has 0 radical (unpaired) electrons. The van der Waals surface area contributed by atoms with Gasteiger partial charge in [0.25, 0.3) is 0 Å². The molecule has 8 nitrogen and oxygen atoms in total. The summed E-state index contributed by atoms with van der Waals surface area (Å²) in [5.41, 5.74) is 1.88. The van der Waals surface area contributed by atoms with Crippen molar-refractivity contribution in [3.05, 3.63) is 54.2 Å². The normalized spacial score (nSPS) is 18.7. The Balaban J connectivity index is 1.26. The number of sulfonamides is 1. The summed E-state index contributed by atoms with van der Waals surface area (Å²) in [7, 11) is -1.75. The highest BCUT2D eigenvalue weighted by Gasteiger charge is 2.33. The van der Waals surface area contributed by atoms with Crippen molar-refractivity contribution in [1.82, 2.24) is 14.2 Å². The number of aromatic nitrogens is 1. The van der Waals surface area contributed by atoms with Crippen molar-refractivity contribution in [1.29, 1.82) is 0 Å². The van der Waals surface area contributed by atoms with Crippen molar-refractivity contribution in [2.24, 2.45) is 13.0 Å². The lowest BCUT2D eigenvalue weighted by atomic mass is 9.98. The van der Waals surface area contributed by atoms with Crippen LogP contribution in [-0.2, 0) is 28.4 Å². The molecule has 1 atom stereocenters. The van der Waals surface area contributed by atoms with Crippen molar-refractivity contribution in [3.8, 4) is 11.5 Å². The Hall–Kier alpha value is -3.04. The fourth-order valence-corrected chi connectivity index (χ4v) is 5.89. The first-order valence-electron chi connectivity index (χ1n) is 10.6. The molecule has 1 amide bonds. The van der Waals surface area contributed by atoms with E-state index in [2.05, 4.69) is 5.32 Å². The Bertz CT molecular complexity index is 1280. The van der Waals surface area contributed by atoms with Crippen LogP contribution in [0.5, 0.6) is 11.5 Å². The molecule has 1 aromatic heterocycles. The van der Waals surface area contributed by atoms with Crippen molar-refractivity contribution in [3.63, 3.8) is 0 Å². The van der Waals surface area contributed by atoms with E-state index < -0.39 is 10.0 Å². The zero-order valence-electron chi connectivity index (χ0n) is 17.8. The lowest BCUT2D eigenvalue weighted by Crippen LogP contribution is -2.45. The average Bonchev–Trinajstić information content (AvgIpc) is 3.43. The van der Waals surface area contributed by atoms with Gasteiger partial charge in [0.05, 0.1) is 10.8 Å². The van der Waals surface area contributed by atoms with Gasteiger partial charge in [-0.3, -0.25) is 4.79 Å². The van der Waals surface area contributed by atoms with Crippen LogP contribution in [-0.4, -0.2) is 43.1 Å². The molecule has 0 bridgehead atoms. The summed E-state index contributed by atoms with van der Waals surface area (Å²) in [6.45, 7) is 1.15. The SMILES string of the molecule is Cn1ccc2cc(S(=O)(=O)N3CCC[C@H](C(=O)NCc4ccc5c(c4)OCO5)C3)ccc21. The number of nitrogens with one attached hydrogen (secondary N) is 1. The van der Waals surface area contributed by atoms with Crippen LogP contribution in [0.15, 0.2) is 53.6 Å². The molecule has 168 valence electrons. The third-order valence-corrected chi connectivity index (χ3v) is 8.01. The first-order valence-corrected chi connectivity index (χ1v) is 12.1. The van der Waals surface area contributed by atoms with E-state index in [1.807, 2.05) is 48.1 Å². The van der Waals surface area contributed by atoms with Crippen LogP contribution in [0.3, 0.4) is 0 Å². The first kappa shape index (κ1) is 20.8. The Labute approximate surface area is 186 Å². The molecule has 2 aliphatic heterocycles. The largest absolute Gasteiger partial charge is 0.454 e. The smallest absolute Gasteiger partial charge is 0.243 e. The molecule has 0 saturated carbocycles. The van der Waals surface area contributed by atoms with E-state index in [-0.39, 0.29) is 30.1 Å². The highest BCUT2D eigenvalue weighted by Crippen LogP contribution is 2.32. The standard InChI is InChI=1S/C23H25N3O5S/c1-25-10-8-17-12-19(5-6-20(17)25)32(28,29)26-9-2-3-18(14-26)23(27)24-13-16-4-7-21-22(11-16)31-15-30-21/h4-8,10-12,18H,2-3,9,13-15H2,1H3,(H,24,27)/t18-/m0/s1. The van der Waals surface area contributed by atoms with Gasteiger partial charge in [-0.15, -0.1) is 0 Å². The number of hydrogen-bond donors (Lipinski definition) is 1. The Morgan fingerprint density at radius 1 is 1.12 bits per heavy atom. The number of fused-ring (bicyclic) bond motifs is 2. The van der Waals surface area contributed by atoms with E-state index in [1.165, 1.54) is 4.31 Å². The lowest BCUT2D eigenvalue weighted by molar-refractivity contribution is -0.126. The Morgan fingerprint density at radius 3 is 2.84 bits per heavy atom. The van der Waals surface area contributed by atoms with Gasteiger partial charge in [0.1, 0.15) is 0 Å². The van der Waals surface area contributed by atoms with E-state index >= 15 is 0 Å². The van der Waals surface area contributed by atoms with Gasteiger partial charge in [-0.2, -0.15) is 4.31 Å². The van der Waals surface area contributed by atoms with E-state index in [4.69, 9.17) is 9.47 Å². The molecule has 2 aliphatic rings. The maximum Gasteiger partial charge on any atom is 0.243 e. The van der Waals surface area contributed by atoms with Crippen LogP contribution in [0.1, 0.15) is 18.4 Å². The topological polar surface area (TPSA) is 89.9 Å². The molecule has 3 heterocycles. The molecule has 32 heavy (non-hydrogen) atoms. The number of carbonyl (C=O) groups excluding carboxylic acids is 1. The number of nitrogens with zero attached hydrogens (tertiary/aromatic N) is 2. The number of amides is 1. The van der Waals surface area contributed by atoms with Crippen LogP contribution in [0.25, 0.3) is 10.9 Å². The second-order valence-corrected chi connectivity index (χ2v) is 10.2. The van der Waals surface area contributed by atoms with Crippen molar-refractivity contribution >= 4 is 26.8 Å². The summed E-state index contributed by atoms with van der Waals surface area (Å²) in [6, 6.07) is 12.6.